The second-order valence-corrected chi connectivity index (χ2v) is 5.79. The van der Waals surface area contributed by atoms with Crippen LogP contribution in [0.25, 0.3) is 0 Å². The lowest BCUT2D eigenvalue weighted by Gasteiger charge is -2.22. The van der Waals surface area contributed by atoms with Gasteiger partial charge in [-0.25, -0.2) is 0 Å². The van der Waals surface area contributed by atoms with Crippen LogP contribution in [-0.4, -0.2) is 12.6 Å². The summed E-state index contributed by atoms with van der Waals surface area (Å²) in [6.45, 7) is 5.53. The van der Waals surface area contributed by atoms with Crippen molar-refractivity contribution in [3.05, 3.63) is 34.9 Å². The van der Waals surface area contributed by atoms with Crippen LogP contribution in [0.5, 0.6) is 0 Å². The Kier molecular flexibility index (Phi) is 4.47. The molecule has 0 bridgehead atoms. The highest BCUT2D eigenvalue weighted by Crippen LogP contribution is 2.41. The average Bonchev–Trinajstić information content (AvgIpc) is 2.75. The van der Waals surface area contributed by atoms with Crippen molar-refractivity contribution in [3.63, 3.8) is 0 Å². The third kappa shape index (κ3) is 3.23. The molecule has 1 N–H and O–H groups in total. The van der Waals surface area contributed by atoms with E-state index in [9.17, 15) is 0 Å². The molecule has 0 saturated heterocycles. The summed E-state index contributed by atoms with van der Waals surface area (Å²) < 4.78 is 0. The van der Waals surface area contributed by atoms with Gasteiger partial charge in [0.2, 0.25) is 0 Å². The van der Waals surface area contributed by atoms with Gasteiger partial charge in [0.25, 0.3) is 0 Å². The lowest BCUT2D eigenvalue weighted by atomic mass is 9.88. The summed E-state index contributed by atoms with van der Waals surface area (Å²) in [7, 11) is 0. The smallest absolute Gasteiger partial charge is 0.0440 e. The summed E-state index contributed by atoms with van der Waals surface area (Å²) in [4.78, 5) is 0. The second-order valence-electron chi connectivity index (χ2n) is 5.38. The van der Waals surface area contributed by atoms with E-state index in [1.165, 1.54) is 24.8 Å². The molecule has 94 valence electrons. The standard InChI is InChI=1S/C15H22ClN/c1-11(2)17-10-12-6-5-8-13(12)14-7-3-4-9-15(14)16/h3-4,7,9,11-13,17H,5-6,8,10H2,1-2H3. The molecule has 0 amide bonds. The third-order valence-corrected chi connectivity index (χ3v) is 4.10. The summed E-state index contributed by atoms with van der Waals surface area (Å²) in [6, 6.07) is 8.90. The molecule has 2 atom stereocenters. The van der Waals surface area contributed by atoms with Crippen LogP contribution >= 0.6 is 11.6 Å². The fraction of sp³-hybridized carbons (Fsp3) is 0.600. The topological polar surface area (TPSA) is 12.0 Å². The average molecular weight is 252 g/mol. The van der Waals surface area contributed by atoms with Crippen molar-refractivity contribution in [3.8, 4) is 0 Å². The molecular formula is C15H22ClN. The van der Waals surface area contributed by atoms with Gasteiger partial charge in [-0.2, -0.15) is 0 Å². The summed E-state index contributed by atoms with van der Waals surface area (Å²) >= 11 is 6.31. The van der Waals surface area contributed by atoms with Crippen molar-refractivity contribution in [2.45, 2.75) is 45.1 Å². The van der Waals surface area contributed by atoms with Gasteiger partial charge in [0.15, 0.2) is 0 Å². The highest BCUT2D eigenvalue weighted by molar-refractivity contribution is 6.31. The third-order valence-electron chi connectivity index (χ3n) is 3.75. The van der Waals surface area contributed by atoms with Crippen LogP contribution in [0.3, 0.4) is 0 Å². The van der Waals surface area contributed by atoms with Crippen LogP contribution in [0.2, 0.25) is 5.02 Å². The van der Waals surface area contributed by atoms with Crippen LogP contribution in [0.15, 0.2) is 24.3 Å². The summed E-state index contributed by atoms with van der Waals surface area (Å²) in [5, 5.41) is 4.50. The van der Waals surface area contributed by atoms with Gasteiger partial charge in [-0.1, -0.05) is 50.1 Å². The van der Waals surface area contributed by atoms with Crippen LogP contribution in [0.1, 0.15) is 44.6 Å². The van der Waals surface area contributed by atoms with E-state index in [1.807, 2.05) is 12.1 Å². The summed E-state index contributed by atoms with van der Waals surface area (Å²) in [5.74, 6) is 1.40. The van der Waals surface area contributed by atoms with E-state index in [1.54, 1.807) is 0 Å². The lowest BCUT2D eigenvalue weighted by molar-refractivity contribution is 0.423. The number of nitrogens with one attached hydrogen (secondary N) is 1. The van der Waals surface area contributed by atoms with E-state index < -0.39 is 0 Å². The minimum atomic E-state index is 0.572. The Morgan fingerprint density at radius 2 is 2.06 bits per heavy atom. The normalized spacial score (nSPS) is 24.5. The SMILES string of the molecule is CC(C)NCC1CCCC1c1ccccc1Cl. The first-order chi connectivity index (χ1) is 8.18. The largest absolute Gasteiger partial charge is 0.314 e. The first-order valence-corrected chi connectivity index (χ1v) is 7.04. The molecular weight excluding hydrogens is 230 g/mol. The molecule has 1 aliphatic carbocycles. The van der Waals surface area contributed by atoms with Crippen molar-refractivity contribution in [2.24, 2.45) is 5.92 Å². The Morgan fingerprint density at radius 1 is 1.29 bits per heavy atom. The van der Waals surface area contributed by atoms with Crippen LogP contribution in [0, 0.1) is 5.92 Å². The van der Waals surface area contributed by atoms with E-state index in [4.69, 9.17) is 11.6 Å². The molecule has 2 unspecified atom stereocenters. The highest BCUT2D eigenvalue weighted by Gasteiger charge is 2.29. The van der Waals surface area contributed by atoms with Gasteiger partial charge >= 0.3 is 0 Å². The zero-order chi connectivity index (χ0) is 12.3. The molecule has 2 heteroatoms. The molecule has 0 aromatic heterocycles. The second kappa shape index (κ2) is 5.88. The zero-order valence-corrected chi connectivity index (χ0v) is 11.5. The summed E-state index contributed by atoms with van der Waals surface area (Å²) in [6.07, 6.45) is 3.95. The molecule has 1 fully saturated rings. The fourth-order valence-electron chi connectivity index (χ4n) is 2.85. The predicted molar refractivity (Wildman–Crippen MR) is 74.7 cm³/mol. The number of hydrogen-bond acceptors (Lipinski definition) is 1. The van der Waals surface area contributed by atoms with Crippen LogP contribution in [-0.2, 0) is 0 Å². The Balaban J connectivity index is 2.07. The maximum absolute atomic E-state index is 6.31. The maximum atomic E-state index is 6.31. The van der Waals surface area contributed by atoms with Crippen molar-refractivity contribution >= 4 is 11.6 Å². The van der Waals surface area contributed by atoms with Crippen molar-refractivity contribution in [2.75, 3.05) is 6.54 Å². The van der Waals surface area contributed by atoms with Gasteiger partial charge in [-0.05, 0) is 42.9 Å². The van der Waals surface area contributed by atoms with Crippen molar-refractivity contribution in [1.82, 2.24) is 5.32 Å². The van der Waals surface area contributed by atoms with Gasteiger partial charge in [-0.15, -0.1) is 0 Å². The summed E-state index contributed by atoms with van der Waals surface area (Å²) in [5.41, 5.74) is 1.35. The number of hydrogen-bond donors (Lipinski definition) is 1. The predicted octanol–water partition coefficient (Wildman–Crippen LogP) is 4.22. The van der Waals surface area contributed by atoms with E-state index in [-0.39, 0.29) is 0 Å². The van der Waals surface area contributed by atoms with E-state index in [0.717, 1.165) is 17.5 Å². The fourth-order valence-corrected chi connectivity index (χ4v) is 3.13. The van der Waals surface area contributed by atoms with E-state index >= 15 is 0 Å². The molecule has 0 heterocycles. The molecule has 17 heavy (non-hydrogen) atoms. The van der Waals surface area contributed by atoms with Crippen LogP contribution < -0.4 is 5.32 Å². The Morgan fingerprint density at radius 3 is 2.76 bits per heavy atom. The molecule has 1 aliphatic rings. The monoisotopic (exact) mass is 251 g/mol. The maximum Gasteiger partial charge on any atom is 0.0440 e. The van der Waals surface area contributed by atoms with Gasteiger partial charge in [0.1, 0.15) is 0 Å². The molecule has 1 nitrogen and oxygen atoms in total. The number of rotatable bonds is 4. The molecule has 1 aromatic rings. The van der Waals surface area contributed by atoms with Crippen molar-refractivity contribution < 1.29 is 0 Å². The Labute approximate surface area is 110 Å². The zero-order valence-electron chi connectivity index (χ0n) is 10.7. The van der Waals surface area contributed by atoms with Gasteiger partial charge < -0.3 is 5.32 Å². The molecule has 0 aliphatic heterocycles. The van der Waals surface area contributed by atoms with Crippen molar-refractivity contribution in [1.29, 1.82) is 0 Å². The highest BCUT2D eigenvalue weighted by atomic mass is 35.5. The minimum Gasteiger partial charge on any atom is -0.314 e. The first kappa shape index (κ1) is 12.9. The quantitative estimate of drug-likeness (QED) is 0.845. The van der Waals surface area contributed by atoms with Gasteiger partial charge in [0, 0.05) is 11.1 Å². The molecule has 1 saturated carbocycles. The van der Waals surface area contributed by atoms with Crippen LogP contribution in [0.4, 0.5) is 0 Å². The van der Waals surface area contributed by atoms with E-state index in [2.05, 4.69) is 31.3 Å². The molecule has 0 radical (unpaired) electrons. The van der Waals surface area contributed by atoms with E-state index in [0.29, 0.717) is 12.0 Å². The number of halogens is 1. The molecule has 0 spiro atoms. The Hall–Kier alpha value is -0.530. The molecule has 2 rings (SSSR count). The minimum absolute atomic E-state index is 0.572. The Bertz CT molecular complexity index is 362. The molecule has 1 aromatic carbocycles. The number of benzene rings is 1. The van der Waals surface area contributed by atoms with Gasteiger partial charge in [0.05, 0.1) is 0 Å². The first-order valence-electron chi connectivity index (χ1n) is 6.66. The van der Waals surface area contributed by atoms with Gasteiger partial charge in [-0.3, -0.25) is 0 Å². The lowest BCUT2D eigenvalue weighted by Crippen LogP contribution is -2.30.